The molecule has 2 N–H and O–H groups in total. The highest BCUT2D eigenvalue weighted by Crippen LogP contribution is 2.26. The van der Waals surface area contributed by atoms with E-state index in [0.717, 1.165) is 6.08 Å². The fourth-order valence-electron chi connectivity index (χ4n) is 1.35. The molecule has 0 spiro atoms. The summed E-state index contributed by atoms with van der Waals surface area (Å²) >= 11 is 0. The Hall–Kier alpha value is -2.18. The predicted octanol–water partition coefficient (Wildman–Crippen LogP) is 0.407. The second kappa shape index (κ2) is 3.91. The normalized spacial score (nSPS) is 15.9. The van der Waals surface area contributed by atoms with E-state index in [1.807, 2.05) is 0 Å². The lowest BCUT2D eigenvalue weighted by Crippen LogP contribution is -2.19. The van der Waals surface area contributed by atoms with Crippen molar-refractivity contribution >= 4 is 11.9 Å². The second-order valence-corrected chi connectivity index (χ2v) is 2.85. The van der Waals surface area contributed by atoms with Crippen molar-refractivity contribution in [3.05, 3.63) is 33.0 Å². The van der Waals surface area contributed by atoms with Crippen LogP contribution < -0.4 is 0 Å². The molecule has 0 fully saturated rings. The van der Waals surface area contributed by atoms with Gasteiger partial charge in [-0.3, -0.25) is 10.1 Å². The third kappa shape index (κ3) is 2.01. The summed E-state index contributed by atoms with van der Waals surface area (Å²) in [5, 5.41) is 27.9. The fraction of sp³-hybridized carbons (Fsp3) is 0.250. The highest BCUT2D eigenvalue weighted by molar-refractivity contribution is 6.02. The molecule has 15 heavy (non-hydrogen) atoms. The van der Waals surface area contributed by atoms with Gasteiger partial charge in [-0.15, -0.1) is 0 Å². The lowest BCUT2D eigenvalue weighted by molar-refractivity contribution is -0.421. The average molecular weight is 213 g/mol. The van der Waals surface area contributed by atoms with Gasteiger partial charge in [0, 0.05) is 0 Å². The highest BCUT2D eigenvalue weighted by atomic mass is 16.6. The summed E-state index contributed by atoms with van der Waals surface area (Å²) in [5.41, 5.74) is -1.79. The Kier molecular flexibility index (Phi) is 2.84. The summed E-state index contributed by atoms with van der Waals surface area (Å²) in [7, 11) is 0. The zero-order valence-corrected chi connectivity index (χ0v) is 7.47. The SMILES string of the molecule is O=C(O)C1=C(C(=O)O)C([N+](=O)[O-])=CCC1. The van der Waals surface area contributed by atoms with Crippen LogP contribution in [-0.2, 0) is 9.59 Å². The number of allylic oxidation sites excluding steroid dienone is 1. The standard InChI is InChI=1S/C8H7NO6/c10-7(11)4-2-1-3-5(9(14)15)6(4)8(12)13/h3H,1-2H2,(H,10,11)(H,12,13). The Labute approximate surface area is 83.5 Å². The van der Waals surface area contributed by atoms with Crippen LogP contribution >= 0.6 is 0 Å². The second-order valence-electron chi connectivity index (χ2n) is 2.85. The summed E-state index contributed by atoms with van der Waals surface area (Å²) in [6.45, 7) is 0. The molecule has 0 heterocycles. The maximum absolute atomic E-state index is 10.7. The molecule has 80 valence electrons. The molecule has 0 aromatic rings. The van der Waals surface area contributed by atoms with Crippen molar-refractivity contribution in [3.8, 4) is 0 Å². The van der Waals surface area contributed by atoms with Crippen LogP contribution in [0.25, 0.3) is 0 Å². The van der Waals surface area contributed by atoms with Crippen molar-refractivity contribution in [3.63, 3.8) is 0 Å². The molecule has 0 aromatic carbocycles. The maximum atomic E-state index is 10.7. The number of nitro groups is 1. The van der Waals surface area contributed by atoms with Crippen molar-refractivity contribution in [2.75, 3.05) is 0 Å². The van der Waals surface area contributed by atoms with Crippen molar-refractivity contribution < 1.29 is 24.7 Å². The number of aliphatic carboxylic acids is 2. The molecule has 0 radical (unpaired) electrons. The highest BCUT2D eigenvalue weighted by Gasteiger charge is 2.33. The zero-order valence-electron chi connectivity index (χ0n) is 7.47. The average Bonchev–Trinajstić information content (AvgIpc) is 2.16. The smallest absolute Gasteiger partial charge is 0.343 e. The van der Waals surface area contributed by atoms with Gasteiger partial charge in [-0.25, -0.2) is 9.59 Å². The van der Waals surface area contributed by atoms with Crippen molar-refractivity contribution in [1.29, 1.82) is 0 Å². The third-order valence-electron chi connectivity index (χ3n) is 1.96. The van der Waals surface area contributed by atoms with Gasteiger partial charge >= 0.3 is 11.9 Å². The van der Waals surface area contributed by atoms with Crippen LogP contribution in [0.15, 0.2) is 22.9 Å². The van der Waals surface area contributed by atoms with Crippen LogP contribution in [0.2, 0.25) is 0 Å². The lowest BCUT2D eigenvalue weighted by Gasteiger charge is -2.10. The number of hydrogen-bond donors (Lipinski definition) is 2. The Morgan fingerprint density at radius 3 is 2.33 bits per heavy atom. The molecule has 0 amide bonds. The van der Waals surface area contributed by atoms with Crippen LogP contribution in [0.5, 0.6) is 0 Å². The van der Waals surface area contributed by atoms with E-state index in [-0.39, 0.29) is 12.8 Å². The predicted molar refractivity (Wildman–Crippen MR) is 46.6 cm³/mol. The van der Waals surface area contributed by atoms with Crippen LogP contribution in [0.1, 0.15) is 12.8 Å². The minimum atomic E-state index is -1.59. The Morgan fingerprint density at radius 2 is 1.93 bits per heavy atom. The number of hydrogen-bond acceptors (Lipinski definition) is 4. The molecule has 1 aliphatic carbocycles. The quantitative estimate of drug-likeness (QED) is 0.517. The van der Waals surface area contributed by atoms with E-state index >= 15 is 0 Å². The van der Waals surface area contributed by atoms with E-state index in [2.05, 4.69) is 0 Å². The number of carboxylic acids is 2. The van der Waals surface area contributed by atoms with Crippen LogP contribution in [-0.4, -0.2) is 27.1 Å². The summed E-state index contributed by atoms with van der Waals surface area (Å²) in [6.07, 6.45) is 1.28. The van der Waals surface area contributed by atoms with E-state index < -0.39 is 33.7 Å². The first-order chi connectivity index (χ1) is 6.95. The Bertz CT molecular complexity index is 405. The molecular weight excluding hydrogens is 206 g/mol. The first kappa shape index (κ1) is 10.9. The van der Waals surface area contributed by atoms with Gasteiger partial charge in [0.05, 0.1) is 10.5 Å². The first-order valence-corrected chi connectivity index (χ1v) is 3.99. The van der Waals surface area contributed by atoms with Gasteiger partial charge in [-0.2, -0.15) is 0 Å². The Morgan fingerprint density at radius 1 is 1.33 bits per heavy atom. The summed E-state index contributed by atoms with van der Waals surface area (Å²) < 4.78 is 0. The van der Waals surface area contributed by atoms with Gasteiger partial charge in [-0.05, 0) is 18.9 Å². The number of carboxylic acid groups (broad SMARTS) is 2. The van der Waals surface area contributed by atoms with E-state index in [9.17, 15) is 19.7 Å². The molecule has 7 heteroatoms. The molecule has 0 bridgehead atoms. The largest absolute Gasteiger partial charge is 0.478 e. The van der Waals surface area contributed by atoms with Gasteiger partial charge in [0.25, 0.3) is 5.70 Å². The summed E-state index contributed by atoms with van der Waals surface area (Å²) in [4.78, 5) is 31.0. The molecule has 7 nitrogen and oxygen atoms in total. The monoisotopic (exact) mass is 213 g/mol. The van der Waals surface area contributed by atoms with Gasteiger partial charge in [0.2, 0.25) is 0 Å². The molecule has 0 saturated heterocycles. The van der Waals surface area contributed by atoms with Crippen LogP contribution in [0, 0.1) is 10.1 Å². The fourth-order valence-corrected chi connectivity index (χ4v) is 1.35. The summed E-state index contributed by atoms with van der Waals surface area (Å²) in [5.74, 6) is -3.02. The number of carbonyl (C=O) groups is 2. The van der Waals surface area contributed by atoms with Crippen LogP contribution in [0.4, 0.5) is 0 Å². The van der Waals surface area contributed by atoms with Crippen LogP contribution in [0.3, 0.4) is 0 Å². The van der Waals surface area contributed by atoms with Gasteiger partial charge in [0.15, 0.2) is 0 Å². The molecule has 0 unspecified atom stereocenters. The molecule has 1 rings (SSSR count). The molecule has 0 aliphatic heterocycles. The Balaban J connectivity index is 3.33. The zero-order chi connectivity index (χ0) is 11.6. The molecule has 0 atom stereocenters. The van der Waals surface area contributed by atoms with E-state index in [1.165, 1.54) is 0 Å². The van der Waals surface area contributed by atoms with Gasteiger partial charge in [-0.1, -0.05) is 0 Å². The van der Waals surface area contributed by atoms with Crippen molar-refractivity contribution in [1.82, 2.24) is 0 Å². The van der Waals surface area contributed by atoms with Crippen molar-refractivity contribution in [2.24, 2.45) is 0 Å². The molecular formula is C8H7NO6. The summed E-state index contributed by atoms with van der Waals surface area (Å²) in [6, 6.07) is 0. The van der Waals surface area contributed by atoms with Crippen molar-refractivity contribution in [2.45, 2.75) is 12.8 Å². The lowest BCUT2D eigenvalue weighted by atomic mass is 9.95. The topological polar surface area (TPSA) is 118 Å². The third-order valence-corrected chi connectivity index (χ3v) is 1.96. The van der Waals surface area contributed by atoms with E-state index in [4.69, 9.17) is 10.2 Å². The number of rotatable bonds is 3. The first-order valence-electron chi connectivity index (χ1n) is 3.99. The molecule has 0 saturated carbocycles. The van der Waals surface area contributed by atoms with E-state index in [0.29, 0.717) is 0 Å². The van der Waals surface area contributed by atoms with Gasteiger partial charge < -0.3 is 10.2 Å². The molecule has 1 aliphatic rings. The minimum Gasteiger partial charge on any atom is -0.478 e. The van der Waals surface area contributed by atoms with Gasteiger partial charge in [0.1, 0.15) is 5.57 Å². The van der Waals surface area contributed by atoms with E-state index in [1.54, 1.807) is 0 Å². The number of nitrogens with zero attached hydrogens (tertiary/aromatic N) is 1. The maximum Gasteiger partial charge on any atom is 0.343 e. The minimum absolute atomic E-state index is 0.00565. The molecule has 0 aromatic heterocycles.